The largest absolute Gasteiger partial charge is 0.506 e. The quantitative estimate of drug-likeness (QED) is 0.291. The molecule has 0 aliphatic rings. The number of hydrogen-bond donors (Lipinski definition) is 3. The Balaban J connectivity index is 1.69. The molecule has 0 radical (unpaired) electrons. The smallest absolute Gasteiger partial charge is 0.251 e. The number of carbonyl (C=O) groups is 2. The summed E-state index contributed by atoms with van der Waals surface area (Å²) in [5, 5.41) is 16.9. The molecule has 0 fully saturated rings. The van der Waals surface area contributed by atoms with E-state index in [1.54, 1.807) is 36.4 Å². The van der Waals surface area contributed by atoms with Crippen LogP contribution in [-0.4, -0.2) is 23.1 Å². The second-order valence-corrected chi connectivity index (χ2v) is 8.40. The van der Waals surface area contributed by atoms with Crippen LogP contribution in [0.15, 0.2) is 86.8 Å². The van der Waals surface area contributed by atoms with Crippen molar-refractivity contribution in [1.29, 1.82) is 0 Å². The topological polar surface area (TPSA) is 90.8 Å². The molecule has 0 aliphatic carbocycles. The van der Waals surface area contributed by atoms with Crippen LogP contribution in [0.1, 0.15) is 33.9 Å². The summed E-state index contributed by atoms with van der Waals surface area (Å²) in [7, 11) is 0. The van der Waals surface area contributed by atoms with Crippen molar-refractivity contribution in [3.05, 3.63) is 98.4 Å². The van der Waals surface area contributed by atoms with Gasteiger partial charge < -0.3 is 10.4 Å². The molecule has 0 heterocycles. The van der Waals surface area contributed by atoms with Gasteiger partial charge in [0.05, 0.1) is 23.1 Å². The molecule has 6 nitrogen and oxygen atoms in total. The van der Waals surface area contributed by atoms with Gasteiger partial charge in [0.2, 0.25) is 5.91 Å². The summed E-state index contributed by atoms with van der Waals surface area (Å²) in [6.07, 6.45) is 1.34. The van der Waals surface area contributed by atoms with E-state index in [1.165, 1.54) is 6.21 Å². The van der Waals surface area contributed by atoms with Crippen LogP contribution in [0.2, 0.25) is 0 Å². The number of amides is 2. The van der Waals surface area contributed by atoms with Crippen molar-refractivity contribution in [3.63, 3.8) is 0 Å². The number of phenolic OH excluding ortho intramolecular Hbond substituents is 1. The Bertz CT molecular complexity index is 1090. The molecule has 3 aromatic carbocycles. The first-order chi connectivity index (χ1) is 14.9. The third-order valence-electron chi connectivity index (χ3n) is 4.38. The minimum Gasteiger partial charge on any atom is -0.506 e. The second kappa shape index (κ2) is 10.9. The highest BCUT2D eigenvalue weighted by atomic mass is 79.9. The summed E-state index contributed by atoms with van der Waals surface area (Å²) in [6, 6.07) is 20.9. The molecule has 3 aromatic rings. The Morgan fingerprint density at radius 3 is 2.32 bits per heavy atom. The molecule has 8 heteroatoms. The van der Waals surface area contributed by atoms with Crippen LogP contribution in [0.3, 0.4) is 0 Å². The van der Waals surface area contributed by atoms with E-state index in [-0.39, 0.29) is 24.0 Å². The zero-order chi connectivity index (χ0) is 22.2. The molecular formula is C23H19Br2N3O3. The average molecular weight is 545 g/mol. The second-order valence-electron chi connectivity index (χ2n) is 6.63. The monoisotopic (exact) mass is 543 g/mol. The Labute approximate surface area is 196 Å². The van der Waals surface area contributed by atoms with Crippen molar-refractivity contribution in [2.24, 2.45) is 5.10 Å². The lowest BCUT2D eigenvalue weighted by Gasteiger charge is -2.18. The van der Waals surface area contributed by atoms with Gasteiger partial charge in [-0.15, -0.1) is 0 Å². The van der Waals surface area contributed by atoms with Crippen molar-refractivity contribution in [2.75, 3.05) is 0 Å². The number of hydrazone groups is 1. The Morgan fingerprint density at radius 1 is 1.00 bits per heavy atom. The average Bonchev–Trinajstić information content (AvgIpc) is 2.77. The number of benzene rings is 3. The summed E-state index contributed by atoms with van der Waals surface area (Å²) in [5.74, 6) is -0.639. The first-order valence-electron chi connectivity index (χ1n) is 9.35. The number of aromatic hydroxyl groups is 1. The highest BCUT2D eigenvalue weighted by Gasteiger charge is 2.19. The molecule has 1 atom stereocenters. The van der Waals surface area contributed by atoms with Crippen LogP contribution in [0.5, 0.6) is 5.75 Å². The summed E-state index contributed by atoms with van der Waals surface area (Å²) < 4.78 is 1.25. The molecule has 3 N–H and O–H groups in total. The fourth-order valence-electron chi connectivity index (χ4n) is 2.86. The Hall–Kier alpha value is -2.97. The fraction of sp³-hybridized carbons (Fsp3) is 0.0870. The normalized spacial score (nSPS) is 11.8. The van der Waals surface area contributed by atoms with E-state index in [4.69, 9.17) is 0 Å². The molecule has 158 valence electrons. The summed E-state index contributed by atoms with van der Waals surface area (Å²) >= 11 is 6.59. The third-order valence-corrected chi connectivity index (χ3v) is 5.45. The van der Waals surface area contributed by atoms with Gasteiger partial charge in [-0.3, -0.25) is 9.59 Å². The lowest BCUT2D eigenvalue weighted by atomic mass is 10.0. The minimum atomic E-state index is -0.530. The maximum absolute atomic E-state index is 12.6. The molecule has 31 heavy (non-hydrogen) atoms. The molecule has 2 amide bonds. The molecule has 0 saturated heterocycles. The third kappa shape index (κ3) is 6.50. The molecule has 3 rings (SSSR count). The van der Waals surface area contributed by atoms with E-state index in [0.29, 0.717) is 15.6 Å². The van der Waals surface area contributed by atoms with Crippen LogP contribution in [0, 0.1) is 0 Å². The molecule has 0 unspecified atom stereocenters. The van der Waals surface area contributed by atoms with Gasteiger partial charge in [0.15, 0.2) is 0 Å². The lowest BCUT2D eigenvalue weighted by molar-refractivity contribution is -0.121. The van der Waals surface area contributed by atoms with Gasteiger partial charge in [-0.05, 0) is 45.8 Å². The molecule has 0 aromatic heterocycles. The van der Waals surface area contributed by atoms with Gasteiger partial charge in [-0.25, -0.2) is 5.43 Å². The highest BCUT2D eigenvalue weighted by molar-refractivity contribution is 9.11. The van der Waals surface area contributed by atoms with Gasteiger partial charge in [0.25, 0.3) is 5.91 Å². The van der Waals surface area contributed by atoms with E-state index >= 15 is 0 Å². The van der Waals surface area contributed by atoms with Crippen LogP contribution in [0.25, 0.3) is 0 Å². The Kier molecular flexibility index (Phi) is 7.97. The zero-order valence-corrected chi connectivity index (χ0v) is 19.4. The predicted molar refractivity (Wildman–Crippen MR) is 127 cm³/mol. The van der Waals surface area contributed by atoms with Crippen LogP contribution in [-0.2, 0) is 4.79 Å². The van der Waals surface area contributed by atoms with Gasteiger partial charge in [-0.2, -0.15) is 5.10 Å². The molecule has 0 bridgehead atoms. The first kappa shape index (κ1) is 22.7. The maximum atomic E-state index is 12.6. The standard InChI is InChI=1S/C23H19Br2N3O3/c24-18-11-17(22(30)19(25)12-18)14-26-28-21(29)13-20(15-7-3-1-4-8-15)27-23(31)16-9-5-2-6-10-16/h1-12,14,20,30H,13H2,(H,27,31)(H,28,29)/b26-14-/t20-/m1/s1. The summed E-state index contributed by atoms with van der Waals surface area (Å²) in [6.45, 7) is 0. The number of carbonyl (C=O) groups excluding carboxylic acids is 2. The van der Waals surface area contributed by atoms with E-state index in [2.05, 4.69) is 47.7 Å². The summed E-state index contributed by atoms with van der Waals surface area (Å²) in [5.41, 5.74) is 4.19. The van der Waals surface area contributed by atoms with Crippen LogP contribution >= 0.6 is 31.9 Å². The van der Waals surface area contributed by atoms with E-state index in [0.717, 1.165) is 10.0 Å². The van der Waals surface area contributed by atoms with E-state index < -0.39 is 6.04 Å². The lowest BCUT2D eigenvalue weighted by Crippen LogP contribution is -2.32. The van der Waals surface area contributed by atoms with Gasteiger partial charge in [0.1, 0.15) is 5.75 Å². The van der Waals surface area contributed by atoms with Crippen molar-refractivity contribution in [1.82, 2.24) is 10.7 Å². The molecule has 0 aliphatic heterocycles. The fourth-order valence-corrected chi connectivity index (χ4v) is 4.12. The highest BCUT2D eigenvalue weighted by Crippen LogP contribution is 2.30. The van der Waals surface area contributed by atoms with E-state index in [9.17, 15) is 14.7 Å². The number of phenols is 1. The molecule has 0 saturated carbocycles. The van der Waals surface area contributed by atoms with Crippen molar-refractivity contribution < 1.29 is 14.7 Å². The van der Waals surface area contributed by atoms with Crippen molar-refractivity contribution in [3.8, 4) is 5.75 Å². The number of nitrogens with zero attached hydrogens (tertiary/aromatic N) is 1. The first-order valence-corrected chi connectivity index (χ1v) is 10.9. The van der Waals surface area contributed by atoms with Gasteiger partial charge >= 0.3 is 0 Å². The van der Waals surface area contributed by atoms with Gasteiger partial charge in [0, 0.05) is 15.6 Å². The molecule has 0 spiro atoms. The number of hydrogen-bond acceptors (Lipinski definition) is 4. The minimum absolute atomic E-state index is 0.00587. The maximum Gasteiger partial charge on any atom is 0.251 e. The van der Waals surface area contributed by atoms with Gasteiger partial charge in [-0.1, -0.05) is 64.5 Å². The number of halogens is 2. The summed E-state index contributed by atoms with van der Waals surface area (Å²) in [4.78, 5) is 25.1. The van der Waals surface area contributed by atoms with Crippen molar-refractivity contribution in [2.45, 2.75) is 12.5 Å². The zero-order valence-electron chi connectivity index (χ0n) is 16.3. The number of nitrogens with one attached hydrogen (secondary N) is 2. The van der Waals surface area contributed by atoms with E-state index in [1.807, 2.05) is 36.4 Å². The molecular weight excluding hydrogens is 526 g/mol. The van der Waals surface area contributed by atoms with Crippen LogP contribution in [0.4, 0.5) is 0 Å². The van der Waals surface area contributed by atoms with Crippen LogP contribution < -0.4 is 10.7 Å². The SMILES string of the molecule is O=C(C[C@@H](NC(=O)c1ccccc1)c1ccccc1)N/N=C\c1cc(Br)cc(Br)c1O. The predicted octanol–water partition coefficient (Wildman–Crippen LogP) is 4.93. The Morgan fingerprint density at radius 2 is 1.65 bits per heavy atom. The number of rotatable bonds is 7. The van der Waals surface area contributed by atoms with Crippen molar-refractivity contribution >= 4 is 49.9 Å².